The van der Waals surface area contributed by atoms with Gasteiger partial charge in [0.25, 0.3) is 0 Å². The molecule has 0 spiro atoms. The van der Waals surface area contributed by atoms with E-state index in [0.717, 1.165) is 83.5 Å². The van der Waals surface area contributed by atoms with E-state index in [9.17, 15) is 14.4 Å². The molecule has 1 unspecified atom stereocenters. The number of allylic oxidation sites excluding steroid dienone is 13. The number of carbonyl (C=O) groups is 3. The predicted molar refractivity (Wildman–Crippen MR) is 325 cm³/mol. The number of hydrogen-bond donors (Lipinski definition) is 0. The van der Waals surface area contributed by atoms with E-state index in [1.54, 1.807) is 6.08 Å². The molecule has 0 N–H and O–H groups in total. The van der Waals surface area contributed by atoms with Crippen LogP contribution in [0, 0.1) is 0 Å². The monoisotopic (exact) mass is 1040 g/mol. The highest BCUT2D eigenvalue weighted by Crippen LogP contribution is 2.17. The lowest BCUT2D eigenvalue weighted by Crippen LogP contribution is -2.30. The molecule has 0 radical (unpaired) electrons. The van der Waals surface area contributed by atoms with Gasteiger partial charge in [0.05, 0.1) is 6.42 Å². The molecule has 0 aliphatic rings. The van der Waals surface area contributed by atoms with Gasteiger partial charge in [0, 0.05) is 12.8 Å². The van der Waals surface area contributed by atoms with Crippen molar-refractivity contribution in [3.63, 3.8) is 0 Å². The van der Waals surface area contributed by atoms with E-state index >= 15 is 0 Å². The zero-order valence-electron chi connectivity index (χ0n) is 49.6. The molecule has 6 heteroatoms. The van der Waals surface area contributed by atoms with E-state index in [1.807, 2.05) is 6.08 Å². The zero-order valence-corrected chi connectivity index (χ0v) is 49.6. The third-order valence-electron chi connectivity index (χ3n) is 13.9. The van der Waals surface area contributed by atoms with Crippen LogP contribution in [0.5, 0.6) is 0 Å². The number of ether oxygens (including phenoxy) is 3. The highest BCUT2D eigenvalue weighted by atomic mass is 16.6. The highest BCUT2D eigenvalue weighted by molar-refractivity contribution is 5.72. The molecular formula is C69H120O6. The van der Waals surface area contributed by atoms with E-state index in [-0.39, 0.29) is 31.6 Å². The molecule has 0 aromatic heterocycles. The van der Waals surface area contributed by atoms with Crippen LogP contribution in [0.15, 0.2) is 85.1 Å². The van der Waals surface area contributed by atoms with Crippen LogP contribution in [0.3, 0.4) is 0 Å². The van der Waals surface area contributed by atoms with Crippen LogP contribution in [0.25, 0.3) is 0 Å². The van der Waals surface area contributed by atoms with Gasteiger partial charge in [-0.25, -0.2) is 0 Å². The minimum Gasteiger partial charge on any atom is -0.462 e. The molecule has 0 saturated heterocycles. The summed E-state index contributed by atoms with van der Waals surface area (Å²) in [6.45, 7) is 6.42. The van der Waals surface area contributed by atoms with Crippen LogP contribution in [-0.2, 0) is 28.6 Å². The van der Waals surface area contributed by atoms with Gasteiger partial charge in [0.2, 0.25) is 0 Å². The summed E-state index contributed by atoms with van der Waals surface area (Å²) in [5.41, 5.74) is 0. The van der Waals surface area contributed by atoms with Gasteiger partial charge in [-0.2, -0.15) is 0 Å². The van der Waals surface area contributed by atoms with Crippen molar-refractivity contribution in [2.75, 3.05) is 13.2 Å². The van der Waals surface area contributed by atoms with Crippen molar-refractivity contribution in [2.24, 2.45) is 0 Å². The first kappa shape index (κ1) is 71.6. The number of carbonyl (C=O) groups excluding carboxylic acids is 3. The van der Waals surface area contributed by atoms with Crippen LogP contribution in [0.2, 0.25) is 0 Å². The average molecular weight is 1050 g/mol. The number of hydrogen-bond acceptors (Lipinski definition) is 6. The largest absolute Gasteiger partial charge is 0.462 e. The standard InChI is InChI=1S/C69H120O6/c1-4-7-10-13-16-19-22-24-26-27-28-29-30-31-32-33-34-35-36-37-38-39-40-41-43-44-47-50-53-56-59-62-68(71)74-65-66(64-73-67(70)61-58-55-52-49-46-21-18-15-12-9-6-3)75-69(72)63-60-57-54-51-48-45-42-25-23-20-17-14-11-8-5-2/h8,11,15,17-18,20,25,27-28,42,48,51,57,60,66H,4-7,9-10,12-14,16,19,21-24,26,29-41,43-47,49-50,52-56,58-59,61-65H2,1-3H3/b11-8-,18-15-,20-17-,28-27-,42-25-,51-48-,60-57-. The molecule has 0 aromatic carbocycles. The van der Waals surface area contributed by atoms with Gasteiger partial charge in [-0.1, -0.05) is 292 Å². The second-order valence-electron chi connectivity index (χ2n) is 21.3. The molecule has 75 heavy (non-hydrogen) atoms. The maximum atomic E-state index is 12.8. The summed E-state index contributed by atoms with van der Waals surface area (Å²) in [5, 5.41) is 0. The molecule has 432 valence electrons. The Bertz CT molecular complexity index is 1430. The van der Waals surface area contributed by atoms with Crippen molar-refractivity contribution in [1.29, 1.82) is 0 Å². The second-order valence-corrected chi connectivity index (χ2v) is 21.3. The van der Waals surface area contributed by atoms with E-state index in [1.165, 1.54) is 193 Å². The Morgan fingerprint density at radius 1 is 0.293 bits per heavy atom. The Morgan fingerprint density at radius 3 is 0.907 bits per heavy atom. The maximum absolute atomic E-state index is 12.8. The van der Waals surface area contributed by atoms with Gasteiger partial charge in [-0.05, 0) is 89.9 Å². The summed E-state index contributed by atoms with van der Waals surface area (Å²) in [6.07, 6.45) is 83.6. The van der Waals surface area contributed by atoms with Crippen LogP contribution in [-0.4, -0.2) is 37.2 Å². The van der Waals surface area contributed by atoms with Gasteiger partial charge in [0.1, 0.15) is 13.2 Å². The molecule has 1 atom stereocenters. The van der Waals surface area contributed by atoms with Gasteiger partial charge in [-0.15, -0.1) is 0 Å². The molecule has 6 nitrogen and oxygen atoms in total. The summed E-state index contributed by atoms with van der Waals surface area (Å²) in [5.74, 6) is -1.05. The zero-order chi connectivity index (χ0) is 54.3. The van der Waals surface area contributed by atoms with Crippen LogP contribution in [0.4, 0.5) is 0 Å². The Balaban J connectivity index is 4.17. The molecule has 0 heterocycles. The smallest absolute Gasteiger partial charge is 0.310 e. The SMILES string of the molecule is CC/C=C\C/C=C\C/C=C\C/C=C\C/C=C\CC(=O)OC(COC(=O)CCCCCCC/C=C\CCCC)COC(=O)CCCCCCCCCCCCCCCCCCCCC/C=C\CCCCCCCCCC. The molecule has 0 aromatic rings. The van der Waals surface area contributed by atoms with Crippen molar-refractivity contribution in [2.45, 2.75) is 322 Å². The summed E-state index contributed by atoms with van der Waals surface area (Å²) in [7, 11) is 0. The van der Waals surface area contributed by atoms with Crippen molar-refractivity contribution >= 4 is 17.9 Å². The Labute approximate surface area is 465 Å². The van der Waals surface area contributed by atoms with E-state index in [2.05, 4.69) is 93.7 Å². The lowest BCUT2D eigenvalue weighted by molar-refractivity contribution is -0.166. The third-order valence-corrected chi connectivity index (χ3v) is 13.9. The minimum absolute atomic E-state index is 0.0962. The summed E-state index contributed by atoms with van der Waals surface area (Å²) >= 11 is 0. The highest BCUT2D eigenvalue weighted by Gasteiger charge is 2.19. The number of esters is 3. The Morgan fingerprint density at radius 2 is 0.573 bits per heavy atom. The van der Waals surface area contributed by atoms with Crippen molar-refractivity contribution in [3.8, 4) is 0 Å². The van der Waals surface area contributed by atoms with Crippen molar-refractivity contribution in [1.82, 2.24) is 0 Å². The van der Waals surface area contributed by atoms with Gasteiger partial charge in [0.15, 0.2) is 6.10 Å². The normalized spacial score (nSPS) is 12.6. The molecule has 0 fully saturated rings. The first-order valence-electron chi connectivity index (χ1n) is 32.1. The first-order chi connectivity index (χ1) is 37.0. The van der Waals surface area contributed by atoms with Crippen LogP contribution < -0.4 is 0 Å². The quantitative estimate of drug-likeness (QED) is 0.0261. The molecule has 0 saturated carbocycles. The Kier molecular flexibility index (Phi) is 60.3. The van der Waals surface area contributed by atoms with Crippen molar-refractivity contribution in [3.05, 3.63) is 85.1 Å². The van der Waals surface area contributed by atoms with Crippen molar-refractivity contribution < 1.29 is 28.6 Å². The van der Waals surface area contributed by atoms with Gasteiger partial charge >= 0.3 is 17.9 Å². The van der Waals surface area contributed by atoms with E-state index in [0.29, 0.717) is 12.8 Å². The average Bonchev–Trinajstić information content (AvgIpc) is 3.41. The van der Waals surface area contributed by atoms with Crippen LogP contribution in [0.1, 0.15) is 316 Å². The predicted octanol–water partition coefficient (Wildman–Crippen LogP) is 21.9. The number of unbranched alkanes of at least 4 members (excludes halogenated alkanes) is 34. The molecule has 0 bridgehead atoms. The van der Waals surface area contributed by atoms with Gasteiger partial charge < -0.3 is 14.2 Å². The fraction of sp³-hybridized carbons (Fsp3) is 0.754. The first-order valence-corrected chi connectivity index (χ1v) is 32.1. The maximum Gasteiger partial charge on any atom is 0.310 e. The topological polar surface area (TPSA) is 78.9 Å². The van der Waals surface area contributed by atoms with Crippen LogP contribution >= 0.6 is 0 Å². The fourth-order valence-corrected chi connectivity index (χ4v) is 9.08. The Hall–Kier alpha value is -3.41. The third kappa shape index (κ3) is 61.3. The summed E-state index contributed by atoms with van der Waals surface area (Å²) in [4.78, 5) is 38.1. The van der Waals surface area contributed by atoms with E-state index in [4.69, 9.17) is 14.2 Å². The summed E-state index contributed by atoms with van der Waals surface area (Å²) < 4.78 is 16.7. The summed E-state index contributed by atoms with van der Waals surface area (Å²) in [6, 6.07) is 0. The minimum atomic E-state index is -0.833. The molecule has 0 rings (SSSR count). The lowest BCUT2D eigenvalue weighted by Gasteiger charge is -2.18. The molecule has 0 aliphatic carbocycles. The number of rotatable bonds is 58. The molecule has 0 amide bonds. The van der Waals surface area contributed by atoms with Gasteiger partial charge in [-0.3, -0.25) is 14.4 Å². The second kappa shape index (κ2) is 63.1. The lowest BCUT2D eigenvalue weighted by atomic mass is 10.0. The fourth-order valence-electron chi connectivity index (χ4n) is 9.08. The molecular weight excluding hydrogens is 925 g/mol. The molecule has 0 aliphatic heterocycles. The van der Waals surface area contributed by atoms with E-state index < -0.39 is 12.1 Å².